The van der Waals surface area contributed by atoms with E-state index in [1.165, 1.54) is 0 Å². The third kappa shape index (κ3) is 6.84. The monoisotopic (exact) mass is 400 g/mol. The van der Waals surface area contributed by atoms with Crippen LogP contribution in [0.1, 0.15) is 12.5 Å². The second-order valence-electron chi connectivity index (χ2n) is 5.46. The van der Waals surface area contributed by atoms with Crippen molar-refractivity contribution in [2.75, 3.05) is 19.8 Å². The topological polar surface area (TPSA) is 82.1 Å². The van der Waals surface area contributed by atoms with Crippen LogP contribution in [0.5, 0.6) is 11.5 Å². The summed E-state index contributed by atoms with van der Waals surface area (Å²) >= 11 is 6.07. The Bertz CT molecular complexity index is 795. The van der Waals surface area contributed by atoms with Gasteiger partial charge in [-0.3, -0.25) is 4.18 Å². The Morgan fingerprint density at radius 3 is 2.46 bits per heavy atom. The maximum atomic E-state index is 11.9. The molecule has 2 rings (SSSR count). The highest BCUT2D eigenvalue weighted by atomic mass is 35.5. The summed E-state index contributed by atoms with van der Waals surface area (Å²) in [7, 11) is -3.79. The van der Waals surface area contributed by atoms with Gasteiger partial charge in [0.15, 0.2) is 0 Å². The molecule has 1 N–H and O–H groups in total. The molecule has 0 saturated heterocycles. The van der Waals surface area contributed by atoms with Gasteiger partial charge in [0.1, 0.15) is 30.0 Å². The Morgan fingerprint density at radius 1 is 1.08 bits per heavy atom. The lowest BCUT2D eigenvalue weighted by Crippen LogP contribution is -2.25. The average Bonchev–Trinajstić information content (AvgIpc) is 2.60. The predicted octanol–water partition coefficient (Wildman–Crippen LogP) is 3.03. The summed E-state index contributed by atoms with van der Waals surface area (Å²) in [4.78, 5) is 0. The van der Waals surface area contributed by atoms with E-state index in [-0.39, 0.29) is 12.4 Å². The zero-order chi connectivity index (χ0) is 19.0. The third-order valence-electron chi connectivity index (χ3n) is 3.27. The van der Waals surface area contributed by atoms with E-state index in [4.69, 9.17) is 25.3 Å². The largest absolute Gasteiger partial charge is 0.494 e. The molecule has 0 aromatic heterocycles. The minimum atomic E-state index is -3.79. The summed E-state index contributed by atoms with van der Waals surface area (Å²) in [6.45, 7) is 1.82. The van der Waals surface area contributed by atoms with E-state index in [1.807, 2.05) is 6.92 Å². The van der Waals surface area contributed by atoms with Gasteiger partial charge in [0.05, 0.1) is 18.2 Å². The molecule has 0 heterocycles. The number of aliphatic hydroxyl groups excluding tert-OH is 1. The molecule has 0 saturated carbocycles. The summed E-state index contributed by atoms with van der Waals surface area (Å²) in [5, 5.41) is 10.2. The highest BCUT2D eigenvalue weighted by molar-refractivity contribution is 7.85. The molecule has 0 amide bonds. The van der Waals surface area contributed by atoms with Crippen LogP contribution < -0.4 is 9.47 Å². The fourth-order valence-electron chi connectivity index (χ4n) is 2.09. The van der Waals surface area contributed by atoms with E-state index >= 15 is 0 Å². The molecule has 0 aliphatic heterocycles. The van der Waals surface area contributed by atoms with Crippen LogP contribution in [0.3, 0.4) is 0 Å². The lowest BCUT2D eigenvalue weighted by atomic mass is 10.2. The lowest BCUT2D eigenvalue weighted by Gasteiger charge is -2.14. The summed E-state index contributed by atoms with van der Waals surface area (Å²) in [5.74, 6) is 0.716. The molecular formula is C18H21ClO6S. The van der Waals surface area contributed by atoms with Crippen LogP contribution in [-0.4, -0.2) is 39.4 Å². The second-order valence-corrected chi connectivity index (χ2v) is 7.51. The number of benzene rings is 2. The highest BCUT2D eigenvalue weighted by Crippen LogP contribution is 2.28. The molecule has 8 heteroatoms. The third-order valence-corrected chi connectivity index (χ3v) is 4.75. The van der Waals surface area contributed by atoms with E-state index < -0.39 is 22.8 Å². The van der Waals surface area contributed by atoms with Crippen LogP contribution in [0.4, 0.5) is 0 Å². The minimum Gasteiger partial charge on any atom is -0.494 e. The van der Waals surface area contributed by atoms with Crippen LogP contribution in [-0.2, 0) is 20.1 Å². The lowest BCUT2D eigenvalue weighted by molar-refractivity contribution is 0.0648. The fourth-order valence-corrected chi connectivity index (χ4v) is 3.36. The Kier molecular flexibility index (Phi) is 7.71. The molecule has 0 fully saturated rings. The standard InChI is InChI=1S/C18H21ClO6S/c1-2-23-16-8-9-18(17(19)10-16)24-11-15(20)12-25-26(21,22)13-14-6-4-3-5-7-14/h3-10,15,20H,2,11-13H2,1H3. The first-order chi connectivity index (χ1) is 12.4. The van der Waals surface area contributed by atoms with E-state index in [1.54, 1.807) is 48.5 Å². The van der Waals surface area contributed by atoms with E-state index in [2.05, 4.69) is 0 Å². The number of halogens is 1. The quantitative estimate of drug-likeness (QED) is 0.617. The predicted molar refractivity (Wildman–Crippen MR) is 99.1 cm³/mol. The number of hydrogen-bond acceptors (Lipinski definition) is 6. The van der Waals surface area contributed by atoms with E-state index in [0.29, 0.717) is 28.7 Å². The molecular weight excluding hydrogens is 380 g/mol. The number of hydrogen-bond donors (Lipinski definition) is 1. The van der Waals surface area contributed by atoms with Crippen molar-refractivity contribution >= 4 is 21.7 Å². The van der Waals surface area contributed by atoms with Crippen LogP contribution in [0, 0.1) is 0 Å². The van der Waals surface area contributed by atoms with E-state index in [0.717, 1.165) is 0 Å². The van der Waals surface area contributed by atoms with Crippen LogP contribution >= 0.6 is 11.6 Å². The summed E-state index contributed by atoms with van der Waals surface area (Å²) < 4.78 is 39.4. The normalized spacial score (nSPS) is 12.6. The molecule has 142 valence electrons. The van der Waals surface area contributed by atoms with Crippen LogP contribution in [0.2, 0.25) is 5.02 Å². The van der Waals surface area contributed by atoms with Gasteiger partial charge in [-0.05, 0) is 24.6 Å². The van der Waals surface area contributed by atoms with Gasteiger partial charge in [-0.15, -0.1) is 0 Å². The molecule has 0 spiro atoms. The number of aliphatic hydroxyl groups is 1. The van der Waals surface area contributed by atoms with Crippen molar-refractivity contribution in [2.24, 2.45) is 0 Å². The van der Waals surface area contributed by atoms with Crippen molar-refractivity contribution in [2.45, 2.75) is 18.8 Å². The van der Waals surface area contributed by atoms with Crippen molar-refractivity contribution in [1.82, 2.24) is 0 Å². The molecule has 0 aliphatic rings. The molecule has 0 bridgehead atoms. The second kappa shape index (κ2) is 9.78. The van der Waals surface area contributed by atoms with Gasteiger partial charge in [0.25, 0.3) is 10.1 Å². The molecule has 0 radical (unpaired) electrons. The molecule has 1 unspecified atom stereocenters. The highest BCUT2D eigenvalue weighted by Gasteiger charge is 2.16. The maximum absolute atomic E-state index is 11.9. The zero-order valence-corrected chi connectivity index (χ0v) is 15.9. The van der Waals surface area contributed by atoms with Gasteiger partial charge in [0, 0.05) is 6.07 Å². The SMILES string of the molecule is CCOc1ccc(OCC(O)COS(=O)(=O)Cc2ccccc2)c(Cl)c1. The zero-order valence-electron chi connectivity index (χ0n) is 14.3. The van der Waals surface area contributed by atoms with Gasteiger partial charge in [-0.2, -0.15) is 8.42 Å². The summed E-state index contributed by atoms with van der Waals surface area (Å²) in [5.41, 5.74) is 0.611. The van der Waals surface area contributed by atoms with Gasteiger partial charge in [0.2, 0.25) is 0 Å². The Morgan fingerprint density at radius 2 is 1.81 bits per heavy atom. The van der Waals surface area contributed by atoms with Crippen molar-refractivity contribution < 1.29 is 27.2 Å². The van der Waals surface area contributed by atoms with Crippen LogP contribution in [0.15, 0.2) is 48.5 Å². The fraction of sp³-hybridized carbons (Fsp3) is 0.333. The number of rotatable bonds is 10. The minimum absolute atomic E-state index is 0.158. The number of ether oxygens (including phenoxy) is 2. The molecule has 1 atom stereocenters. The average molecular weight is 401 g/mol. The summed E-state index contributed by atoms with van der Waals surface area (Å²) in [6, 6.07) is 13.6. The van der Waals surface area contributed by atoms with Crippen molar-refractivity contribution in [3.63, 3.8) is 0 Å². The molecule has 0 aliphatic carbocycles. The molecule has 2 aromatic rings. The van der Waals surface area contributed by atoms with Crippen molar-refractivity contribution in [3.05, 3.63) is 59.1 Å². The van der Waals surface area contributed by atoms with Crippen LogP contribution in [0.25, 0.3) is 0 Å². The Hall–Kier alpha value is -1.80. The Labute approximate surface area is 158 Å². The first-order valence-corrected chi connectivity index (χ1v) is 9.99. The Balaban J connectivity index is 1.80. The van der Waals surface area contributed by atoms with Gasteiger partial charge >= 0.3 is 0 Å². The first-order valence-electron chi connectivity index (χ1n) is 8.04. The van der Waals surface area contributed by atoms with Gasteiger partial charge in [-0.25, -0.2) is 0 Å². The van der Waals surface area contributed by atoms with Gasteiger partial charge in [-0.1, -0.05) is 41.9 Å². The van der Waals surface area contributed by atoms with Gasteiger partial charge < -0.3 is 14.6 Å². The molecule has 6 nitrogen and oxygen atoms in total. The van der Waals surface area contributed by atoms with E-state index in [9.17, 15) is 13.5 Å². The first kappa shape index (κ1) is 20.5. The van der Waals surface area contributed by atoms with Crippen molar-refractivity contribution in [3.8, 4) is 11.5 Å². The molecule has 2 aromatic carbocycles. The molecule has 26 heavy (non-hydrogen) atoms. The summed E-state index contributed by atoms with van der Waals surface area (Å²) in [6.07, 6.45) is -1.12. The van der Waals surface area contributed by atoms with Crippen molar-refractivity contribution in [1.29, 1.82) is 0 Å². The smallest absolute Gasteiger partial charge is 0.271 e. The maximum Gasteiger partial charge on any atom is 0.271 e.